The number of rotatable bonds is 7. The molecule has 5 nitrogen and oxygen atoms in total. The van der Waals surface area contributed by atoms with Crippen LogP contribution >= 0.6 is 0 Å². The second kappa shape index (κ2) is 7.82. The van der Waals surface area contributed by atoms with Crippen LogP contribution in [0.1, 0.15) is 33.6 Å². The van der Waals surface area contributed by atoms with Crippen LogP contribution in [0.3, 0.4) is 0 Å². The van der Waals surface area contributed by atoms with E-state index < -0.39 is 0 Å². The number of amides is 1. The normalized spacial score (nSPS) is 26.6. The van der Waals surface area contributed by atoms with Gasteiger partial charge in [-0.1, -0.05) is 13.8 Å². The van der Waals surface area contributed by atoms with Crippen molar-refractivity contribution in [3.05, 3.63) is 0 Å². The molecule has 5 heteroatoms. The molecule has 0 radical (unpaired) electrons. The highest BCUT2D eigenvalue weighted by Gasteiger charge is 2.30. The fourth-order valence-electron chi connectivity index (χ4n) is 2.66. The van der Waals surface area contributed by atoms with Gasteiger partial charge < -0.3 is 16.2 Å². The molecule has 1 heterocycles. The highest BCUT2D eigenvalue weighted by atomic mass is 16.3. The van der Waals surface area contributed by atoms with Crippen LogP contribution in [0.2, 0.25) is 0 Å². The first-order chi connectivity index (χ1) is 8.88. The Hall–Kier alpha value is -0.650. The van der Waals surface area contributed by atoms with Gasteiger partial charge in [0.25, 0.3) is 0 Å². The van der Waals surface area contributed by atoms with Crippen molar-refractivity contribution in [1.29, 1.82) is 0 Å². The molecule has 1 saturated heterocycles. The second-order valence-corrected chi connectivity index (χ2v) is 6.23. The van der Waals surface area contributed by atoms with Crippen molar-refractivity contribution in [2.45, 2.75) is 45.8 Å². The zero-order chi connectivity index (χ0) is 14.4. The third kappa shape index (κ3) is 6.36. The van der Waals surface area contributed by atoms with Crippen molar-refractivity contribution >= 4 is 5.91 Å². The first kappa shape index (κ1) is 16.4. The molecule has 3 unspecified atom stereocenters. The number of aliphatic hydroxyl groups is 1. The molecule has 1 fully saturated rings. The lowest BCUT2D eigenvalue weighted by Crippen LogP contribution is -2.53. The molecule has 0 spiro atoms. The molecule has 3 atom stereocenters. The lowest BCUT2D eigenvalue weighted by molar-refractivity contribution is -0.120. The van der Waals surface area contributed by atoms with Crippen LogP contribution < -0.4 is 11.1 Å². The predicted octanol–water partition coefficient (Wildman–Crippen LogP) is 0.179. The zero-order valence-electron chi connectivity index (χ0n) is 12.4. The SMILES string of the molecule is CC(C)CCNC1CC(C(C)O)CN(CC(N)=O)C1. The van der Waals surface area contributed by atoms with E-state index in [1.807, 2.05) is 6.92 Å². The molecule has 19 heavy (non-hydrogen) atoms. The number of hydrogen-bond donors (Lipinski definition) is 3. The number of nitrogens with two attached hydrogens (primary N) is 1. The van der Waals surface area contributed by atoms with Gasteiger partial charge in [-0.15, -0.1) is 0 Å². The standard InChI is InChI=1S/C14H29N3O2/c1-10(2)4-5-16-13-6-12(11(3)18)7-17(8-13)9-14(15)19/h10-13,16,18H,4-9H2,1-3H3,(H2,15,19). The predicted molar refractivity (Wildman–Crippen MR) is 76.7 cm³/mol. The van der Waals surface area contributed by atoms with Gasteiger partial charge in [-0.25, -0.2) is 0 Å². The van der Waals surface area contributed by atoms with Crippen LogP contribution in [0.5, 0.6) is 0 Å². The van der Waals surface area contributed by atoms with E-state index >= 15 is 0 Å². The maximum atomic E-state index is 11.1. The first-order valence-corrected chi connectivity index (χ1v) is 7.30. The summed E-state index contributed by atoms with van der Waals surface area (Å²) in [6.45, 7) is 9.10. The number of piperidine rings is 1. The summed E-state index contributed by atoms with van der Waals surface area (Å²) in [6.07, 6.45) is 1.77. The first-order valence-electron chi connectivity index (χ1n) is 7.30. The minimum absolute atomic E-state index is 0.213. The Balaban J connectivity index is 2.47. The van der Waals surface area contributed by atoms with E-state index in [-0.39, 0.29) is 24.5 Å². The van der Waals surface area contributed by atoms with Gasteiger partial charge >= 0.3 is 0 Å². The van der Waals surface area contributed by atoms with E-state index in [4.69, 9.17) is 5.73 Å². The van der Waals surface area contributed by atoms with Gasteiger partial charge in [0.05, 0.1) is 12.6 Å². The Bertz CT molecular complexity index is 282. The Labute approximate surface area is 116 Å². The maximum Gasteiger partial charge on any atom is 0.231 e. The number of hydrogen-bond acceptors (Lipinski definition) is 4. The molecule has 1 aliphatic rings. The van der Waals surface area contributed by atoms with Gasteiger partial charge in [-0.2, -0.15) is 0 Å². The van der Waals surface area contributed by atoms with Crippen molar-refractivity contribution in [3.8, 4) is 0 Å². The van der Waals surface area contributed by atoms with Crippen molar-refractivity contribution in [2.75, 3.05) is 26.2 Å². The number of aliphatic hydroxyl groups excluding tert-OH is 1. The summed E-state index contributed by atoms with van der Waals surface area (Å²) >= 11 is 0. The fourth-order valence-corrected chi connectivity index (χ4v) is 2.66. The smallest absolute Gasteiger partial charge is 0.231 e. The minimum atomic E-state index is -0.343. The van der Waals surface area contributed by atoms with Gasteiger partial charge in [0.2, 0.25) is 5.91 Å². The largest absolute Gasteiger partial charge is 0.393 e. The van der Waals surface area contributed by atoms with Gasteiger partial charge in [0, 0.05) is 19.1 Å². The minimum Gasteiger partial charge on any atom is -0.393 e. The average Bonchev–Trinajstić information content (AvgIpc) is 2.27. The lowest BCUT2D eigenvalue weighted by atomic mass is 9.90. The zero-order valence-corrected chi connectivity index (χ0v) is 12.4. The van der Waals surface area contributed by atoms with Crippen LogP contribution in [-0.2, 0) is 4.79 Å². The highest BCUT2D eigenvalue weighted by molar-refractivity contribution is 5.75. The second-order valence-electron chi connectivity index (χ2n) is 6.23. The number of nitrogens with zero attached hydrogens (tertiary/aromatic N) is 1. The molecule has 0 aliphatic carbocycles. The Morgan fingerprint density at radius 2 is 2.11 bits per heavy atom. The number of likely N-dealkylation sites (tertiary alicyclic amines) is 1. The molecule has 1 rings (SSSR count). The third-order valence-electron chi connectivity index (χ3n) is 3.77. The summed E-state index contributed by atoms with van der Waals surface area (Å²) in [5.41, 5.74) is 5.27. The van der Waals surface area contributed by atoms with Gasteiger partial charge in [-0.3, -0.25) is 9.69 Å². The molecular formula is C14H29N3O2. The Kier molecular flexibility index (Phi) is 6.75. The summed E-state index contributed by atoms with van der Waals surface area (Å²) in [6, 6.07) is 0.339. The van der Waals surface area contributed by atoms with Crippen LogP contribution in [-0.4, -0.2) is 54.2 Å². The summed E-state index contributed by atoms with van der Waals surface area (Å²) in [5, 5.41) is 13.3. The monoisotopic (exact) mass is 271 g/mol. The molecule has 1 amide bonds. The molecule has 1 aliphatic heterocycles. The molecular weight excluding hydrogens is 242 g/mol. The number of carbonyl (C=O) groups excluding carboxylic acids is 1. The molecule has 0 aromatic carbocycles. The fraction of sp³-hybridized carbons (Fsp3) is 0.929. The van der Waals surface area contributed by atoms with Crippen LogP contribution in [0, 0.1) is 11.8 Å². The van der Waals surface area contributed by atoms with E-state index in [9.17, 15) is 9.90 Å². The number of primary amides is 1. The van der Waals surface area contributed by atoms with Crippen molar-refractivity contribution < 1.29 is 9.90 Å². The summed E-state index contributed by atoms with van der Waals surface area (Å²) in [7, 11) is 0. The molecule has 0 aromatic heterocycles. The topological polar surface area (TPSA) is 78.6 Å². The molecule has 0 aromatic rings. The van der Waals surface area contributed by atoms with Gasteiger partial charge in [0.15, 0.2) is 0 Å². The number of nitrogens with one attached hydrogen (secondary N) is 1. The highest BCUT2D eigenvalue weighted by Crippen LogP contribution is 2.20. The van der Waals surface area contributed by atoms with Crippen LogP contribution in [0.25, 0.3) is 0 Å². The van der Waals surface area contributed by atoms with E-state index in [0.717, 1.165) is 32.5 Å². The number of carbonyl (C=O) groups is 1. The van der Waals surface area contributed by atoms with Crippen LogP contribution in [0.15, 0.2) is 0 Å². The lowest BCUT2D eigenvalue weighted by Gasteiger charge is -2.39. The van der Waals surface area contributed by atoms with E-state index in [0.29, 0.717) is 12.0 Å². The Morgan fingerprint density at radius 3 is 2.63 bits per heavy atom. The maximum absolute atomic E-state index is 11.1. The van der Waals surface area contributed by atoms with Crippen molar-refractivity contribution in [1.82, 2.24) is 10.2 Å². The van der Waals surface area contributed by atoms with E-state index in [1.54, 1.807) is 0 Å². The van der Waals surface area contributed by atoms with Gasteiger partial charge in [-0.05, 0) is 38.1 Å². The van der Waals surface area contributed by atoms with Crippen LogP contribution in [0.4, 0.5) is 0 Å². The molecule has 4 N–H and O–H groups in total. The van der Waals surface area contributed by atoms with E-state index in [1.165, 1.54) is 0 Å². The molecule has 112 valence electrons. The summed E-state index contributed by atoms with van der Waals surface area (Å²) in [5.74, 6) is 0.599. The quantitative estimate of drug-likeness (QED) is 0.617. The molecule has 0 saturated carbocycles. The Morgan fingerprint density at radius 1 is 1.42 bits per heavy atom. The van der Waals surface area contributed by atoms with Gasteiger partial charge in [0.1, 0.15) is 0 Å². The summed E-state index contributed by atoms with van der Waals surface area (Å²) in [4.78, 5) is 13.1. The van der Waals surface area contributed by atoms with Crippen molar-refractivity contribution in [3.63, 3.8) is 0 Å². The summed E-state index contributed by atoms with van der Waals surface area (Å²) < 4.78 is 0. The third-order valence-corrected chi connectivity index (χ3v) is 3.77. The van der Waals surface area contributed by atoms with Crippen molar-refractivity contribution in [2.24, 2.45) is 17.6 Å². The van der Waals surface area contributed by atoms with E-state index in [2.05, 4.69) is 24.1 Å². The average molecular weight is 271 g/mol. The molecule has 0 bridgehead atoms.